The van der Waals surface area contributed by atoms with E-state index in [0.717, 1.165) is 15.6 Å². The van der Waals surface area contributed by atoms with Crippen LogP contribution in [0, 0.1) is 0 Å². The maximum Gasteiger partial charge on any atom is 0.513 e. The predicted octanol–water partition coefficient (Wildman–Crippen LogP) is 5.67. The molecule has 0 aliphatic carbocycles. The van der Waals surface area contributed by atoms with Crippen LogP contribution in [0.1, 0.15) is 22.8 Å². The summed E-state index contributed by atoms with van der Waals surface area (Å²) < 4.78 is 22.1. The third-order valence-electron chi connectivity index (χ3n) is 4.82. The molecule has 2 aromatic heterocycles. The molecule has 0 fully saturated rings. The molecule has 8 nitrogen and oxygen atoms in total. The Morgan fingerprint density at radius 2 is 1.91 bits per heavy atom. The molecule has 1 amide bonds. The topological polar surface area (TPSA) is 96.0 Å². The standard InChI is InChI=1S/C25H22N2O6S/c1-3-31-25(29)33-22-13-26-12-20-16(15-34-23(20)22)14-32-18-8-6-7-17(11-18)27-24(28)19-9-4-5-10-21(19)30-2/h4-13,15H,3,14H2,1-2H3,(H,27,28). The molecule has 0 saturated heterocycles. The summed E-state index contributed by atoms with van der Waals surface area (Å²) in [7, 11) is 1.52. The van der Waals surface area contributed by atoms with Gasteiger partial charge in [0.05, 0.1) is 30.2 Å². The van der Waals surface area contributed by atoms with Crippen molar-refractivity contribution in [2.24, 2.45) is 0 Å². The summed E-state index contributed by atoms with van der Waals surface area (Å²) in [5.41, 5.74) is 1.93. The lowest BCUT2D eigenvalue weighted by molar-refractivity contribution is 0.102. The normalized spacial score (nSPS) is 10.5. The van der Waals surface area contributed by atoms with Gasteiger partial charge in [-0.25, -0.2) is 4.79 Å². The van der Waals surface area contributed by atoms with Gasteiger partial charge < -0.3 is 24.3 Å². The number of thiophene rings is 1. The number of anilines is 1. The van der Waals surface area contributed by atoms with Crippen molar-refractivity contribution >= 4 is 39.2 Å². The minimum atomic E-state index is -0.769. The molecule has 0 atom stereocenters. The Morgan fingerprint density at radius 3 is 2.74 bits per heavy atom. The first-order valence-electron chi connectivity index (χ1n) is 10.4. The van der Waals surface area contributed by atoms with Crippen LogP contribution in [0.15, 0.2) is 66.3 Å². The van der Waals surface area contributed by atoms with Gasteiger partial charge >= 0.3 is 6.16 Å². The second-order valence-corrected chi connectivity index (χ2v) is 7.91. The third kappa shape index (κ3) is 5.26. The molecule has 0 spiro atoms. The van der Waals surface area contributed by atoms with E-state index >= 15 is 0 Å². The van der Waals surface area contributed by atoms with E-state index in [4.69, 9.17) is 18.9 Å². The SMILES string of the molecule is CCOC(=O)Oc1cncc2c(COc3cccc(NC(=O)c4ccccc4OC)c3)csc12. The number of nitrogens with zero attached hydrogens (tertiary/aromatic N) is 1. The average molecular weight is 479 g/mol. The molecule has 2 aromatic carbocycles. The number of methoxy groups -OCH3 is 1. The summed E-state index contributed by atoms with van der Waals surface area (Å²) in [5.74, 6) is 1.15. The summed E-state index contributed by atoms with van der Waals surface area (Å²) in [4.78, 5) is 28.5. The van der Waals surface area contributed by atoms with Gasteiger partial charge in [-0.05, 0) is 36.6 Å². The molecule has 4 aromatic rings. The summed E-state index contributed by atoms with van der Waals surface area (Å²) in [6.07, 6.45) is 2.41. The van der Waals surface area contributed by atoms with Crippen molar-refractivity contribution in [3.63, 3.8) is 0 Å². The monoisotopic (exact) mass is 478 g/mol. The average Bonchev–Trinajstić information content (AvgIpc) is 3.27. The zero-order valence-electron chi connectivity index (χ0n) is 18.6. The number of benzene rings is 2. The van der Waals surface area contributed by atoms with Gasteiger partial charge in [0, 0.05) is 28.9 Å². The molecule has 0 bridgehead atoms. The molecule has 0 aliphatic rings. The number of carbonyl (C=O) groups is 2. The summed E-state index contributed by atoms with van der Waals surface area (Å²) in [6, 6.07) is 14.1. The van der Waals surface area contributed by atoms with Crippen LogP contribution in [0.5, 0.6) is 17.2 Å². The highest BCUT2D eigenvalue weighted by molar-refractivity contribution is 7.17. The van der Waals surface area contributed by atoms with Crippen molar-refractivity contribution < 1.29 is 28.5 Å². The molecule has 34 heavy (non-hydrogen) atoms. The van der Waals surface area contributed by atoms with E-state index in [-0.39, 0.29) is 19.1 Å². The fraction of sp³-hybridized carbons (Fsp3) is 0.160. The first kappa shape index (κ1) is 23.1. The lowest BCUT2D eigenvalue weighted by Gasteiger charge is -2.11. The smallest absolute Gasteiger partial charge is 0.496 e. The molecule has 0 aliphatic heterocycles. The zero-order chi connectivity index (χ0) is 23.9. The van der Waals surface area contributed by atoms with Crippen LogP contribution < -0.4 is 19.5 Å². The number of aromatic nitrogens is 1. The van der Waals surface area contributed by atoms with Crippen LogP contribution in [0.4, 0.5) is 10.5 Å². The van der Waals surface area contributed by atoms with Crippen LogP contribution in [-0.2, 0) is 11.3 Å². The summed E-state index contributed by atoms with van der Waals surface area (Å²) >= 11 is 1.43. The second kappa shape index (κ2) is 10.7. The lowest BCUT2D eigenvalue weighted by atomic mass is 10.2. The highest BCUT2D eigenvalue weighted by Gasteiger charge is 2.15. The molecular formula is C25H22N2O6S. The fourth-order valence-corrected chi connectivity index (χ4v) is 4.23. The Kier molecular flexibility index (Phi) is 7.24. The number of hydrogen-bond acceptors (Lipinski definition) is 8. The quantitative estimate of drug-likeness (QED) is 0.326. The van der Waals surface area contributed by atoms with Gasteiger partial charge in [-0.3, -0.25) is 9.78 Å². The van der Waals surface area contributed by atoms with Crippen molar-refractivity contribution in [2.45, 2.75) is 13.5 Å². The summed E-state index contributed by atoms with van der Waals surface area (Å²) in [5, 5.41) is 5.62. The Morgan fingerprint density at radius 1 is 1.06 bits per heavy atom. The first-order valence-corrected chi connectivity index (χ1v) is 11.3. The largest absolute Gasteiger partial charge is 0.513 e. The van der Waals surface area contributed by atoms with E-state index < -0.39 is 6.16 Å². The number of nitrogens with one attached hydrogen (secondary N) is 1. The number of ether oxygens (including phenoxy) is 4. The van der Waals surface area contributed by atoms with Crippen molar-refractivity contribution in [3.8, 4) is 17.2 Å². The van der Waals surface area contributed by atoms with E-state index in [9.17, 15) is 9.59 Å². The van der Waals surface area contributed by atoms with E-state index in [2.05, 4.69) is 10.3 Å². The van der Waals surface area contributed by atoms with Gasteiger partial charge in [-0.1, -0.05) is 18.2 Å². The minimum Gasteiger partial charge on any atom is -0.496 e. The molecule has 1 N–H and O–H groups in total. The second-order valence-electron chi connectivity index (χ2n) is 7.03. The first-order chi connectivity index (χ1) is 16.6. The van der Waals surface area contributed by atoms with Crippen LogP contribution in [0.3, 0.4) is 0 Å². The number of pyridine rings is 1. The van der Waals surface area contributed by atoms with Crippen molar-refractivity contribution in [1.29, 1.82) is 0 Å². The van der Waals surface area contributed by atoms with Crippen LogP contribution in [0.2, 0.25) is 0 Å². The number of carbonyl (C=O) groups excluding carboxylic acids is 2. The van der Waals surface area contributed by atoms with E-state index in [1.807, 2.05) is 5.38 Å². The Balaban J connectivity index is 1.45. The van der Waals surface area contributed by atoms with Gasteiger partial charge in [-0.2, -0.15) is 0 Å². The molecule has 174 valence electrons. The fourth-order valence-electron chi connectivity index (χ4n) is 3.25. The van der Waals surface area contributed by atoms with Crippen molar-refractivity contribution in [3.05, 3.63) is 77.4 Å². The van der Waals surface area contributed by atoms with Crippen LogP contribution in [-0.4, -0.2) is 30.8 Å². The highest BCUT2D eigenvalue weighted by atomic mass is 32.1. The number of rotatable bonds is 8. The van der Waals surface area contributed by atoms with E-state index in [1.54, 1.807) is 61.7 Å². The van der Waals surface area contributed by atoms with Crippen molar-refractivity contribution in [1.82, 2.24) is 4.98 Å². The van der Waals surface area contributed by atoms with Crippen LogP contribution >= 0.6 is 11.3 Å². The molecule has 4 rings (SSSR count). The number of fused-ring (bicyclic) bond motifs is 1. The highest BCUT2D eigenvalue weighted by Crippen LogP contribution is 2.34. The molecule has 2 heterocycles. The van der Waals surface area contributed by atoms with Gasteiger partial charge in [0.2, 0.25) is 0 Å². The van der Waals surface area contributed by atoms with Gasteiger partial charge in [0.25, 0.3) is 5.91 Å². The lowest BCUT2D eigenvalue weighted by Crippen LogP contribution is -2.13. The Bertz CT molecular complexity index is 1320. The number of para-hydroxylation sites is 1. The maximum atomic E-state index is 12.7. The maximum absolute atomic E-state index is 12.7. The van der Waals surface area contributed by atoms with Crippen LogP contribution in [0.25, 0.3) is 10.1 Å². The molecule has 9 heteroatoms. The Labute approximate surface area is 200 Å². The van der Waals surface area contributed by atoms with Gasteiger partial charge in [0.15, 0.2) is 5.75 Å². The minimum absolute atomic E-state index is 0.226. The van der Waals surface area contributed by atoms with Gasteiger partial charge in [-0.15, -0.1) is 11.3 Å². The molecule has 0 radical (unpaired) electrons. The molecule has 0 saturated carbocycles. The molecule has 0 unspecified atom stereocenters. The third-order valence-corrected chi connectivity index (χ3v) is 5.88. The predicted molar refractivity (Wildman–Crippen MR) is 129 cm³/mol. The zero-order valence-corrected chi connectivity index (χ0v) is 19.4. The number of amides is 1. The van der Waals surface area contributed by atoms with Gasteiger partial charge in [0.1, 0.15) is 18.1 Å². The summed E-state index contributed by atoms with van der Waals surface area (Å²) in [6.45, 7) is 2.21. The number of hydrogen-bond donors (Lipinski definition) is 1. The van der Waals surface area contributed by atoms with E-state index in [1.165, 1.54) is 24.6 Å². The van der Waals surface area contributed by atoms with Crippen molar-refractivity contribution in [2.75, 3.05) is 19.0 Å². The van der Waals surface area contributed by atoms with E-state index in [0.29, 0.717) is 28.5 Å². The Hall–Kier alpha value is -4.11. The molecular weight excluding hydrogens is 456 g/mol.